The molecule has 15 heavy (non-hydrogen) atoms. The van der Waals surface area contributed by atoms with E-state index in [0.717, 1.165) is 19.3 Å². The van der Waals surface area contributed by atoms with Gasteiger partial charge < -0.3 is 0 Å². The fraction of sp³-hybridized carbons (Fsp3) is 0.769. The van der Waals surface area contributed by atoms with E-state index in [4.69, 9.17) is 0 Å². The van der Waals surface area contributed by atoms with Gasteiger partial charge in [0.1, 0.15) is 5.78 Å². The lowest BCUT2D eigenvalue weighted by Crippen LogP contribution is -2.24. The third kappa shape index (κ3) is 2.60. The van der Waals surface area contributed by atoms with Crippen LogP contribution in [0.2, 0.25) is 25.7 Å². The average Bonchev–Trinajstić information content (AvgIpc) is 2.45. The van der Waals surface area contributed by atoms with Gasteiger partial charge in [0, 0.05) is 20.4 Å². The molecule has 0 aromatic carbocycles. The Morgan fingerprint density at radius 2 is 2.13 bits per heavy atom. The molecule has 0 N–H and O–H groups in total. The zero-order valence-electron chi connectivity index (χ0n) is 10.2. The molecule has 84 valence electrons. The van der Waals surface area contributed by atoms with Gasteiger partial charge in [-0.2, -0.15) is 0 Å². The van der Waals surface area contributed by atoms with Crippen LogP contribution in [0.5, 0.6) is 0 Å². The minimum atomic E-state index is -0.959. The number of fused-ring (bicyclic) bond motifs is 1. The molecule has 0 saturated heterocycles. The fourth-order valence-electron chi connectivity index (χ4n) is 3.08. The van der Waals surface area contributed by atoms with Gasteiger partial charge in [-0.3, -0.25) is 4.79 Å². The SMILES string of the molecule is C[Si](C)(C)CC1=CCC2C(=O)CCC2C1. The van der Waals surface area contributed by atoms with Crippen molar-refractivity contribution in [1.29, 1.82) is 0 Å². The largest absolute Gasteiger partial charge is 0.299 e. The van der Waals surface area contributed by atoms with Gasteiger partial charge in [0.15, 0.2) is 0 Å². The van der Waals surface area contributed by atoms with E-state index in [1.165, 1.54) is 12.5 Å². The first-order chi connectivity index (χ1) is 6.96. The van der Waals surface area contributed by atoms with Crippen LogP contribution in [-0.2, 0) is 4.79 Å². The first-order valence-electron chi connectivity index (χ1n) is 6.16. The molecule has 0 aromatic heterocycles. The molecule has 0 spiro atoms. The minimum absolute atomic E-state index is 0.399. The van der Waals surface area contributed by atoms with Gasteiger partial charge in [-0.15, -0.1) is 0 Å². The van der Waals surface area contributed by atoms with Crippen LogP contribution in [0.25, 0.3) is 0 Å². The van der Waals surface area contributed by atoms with Crippen molar-refractivity contribution in [3.8, 4) is 0 Å². The van der Waals surface area contributed by atoms with Crippen molar-refractivity contribution in [3.05, 3.63) is 11.6 Å². The van der Waals surface area contributed by atoms with E-state index in [2.05, 4.69) is 25.7 Å². The smallest absolute Gasteiger partial charge is 0.136 e. The lowest BCUT2D eigenvalue weighted by atomic mass is 9.82. The van der Waals surface area contributed by atoms with Gasteiger partial charge in [-0.25, -0.2) is 0 Å². The second-order valence-electron chi connectivity index (χ2n) is 6.41. The van der Waals surface area contributed by atoms with E-state index < -0.39 is 8.07 Å². The molecule has 0 aliphatic heterocycles. The molecule has 2 aliphatic rings. The molecule has 0 radical (unpaired) electrons. The summed E-state index contributed by atoms with van der Waals surface area (Å²) in [5.74, 6) is 1.63. The molecule has 2 aliphatic carbocycles. The Kier molecular flexibility index (Phi) is 2.89. The summed E-state index contributed by atoms with van der Waals surface area (Å²) in [5.41, 5.74) is 1.66. The molecule has 0 aromatic rings. The van der Waals surface area contributed by atoms with Crippen LogP contribution in [0, 0.1) is 11.8 Å². The van der Waals surface area contributed by atoms with Crippen LogP contribution >= 0.6 is 0 Å². The van der Waals surface area contributed by atoms with Crippen molar-refractivity contribution >= 4 is 13.9 Å². The summed E-state index contributed by atoms with van der Waals surface area (Å²) in [7, 11) is -0.959. The molecule has 1 saturated carbocycles. The molecule has 1 fully saturated rings. The average molecular weight is 222 g/mol. The number of allylic oxidation sites excluding steroid dienone is 2. The first kappa shape index (κ1) is 11.1. The lowest BCUT2D eigenvalue weighted by molar-refractivity contribution is -0.121. The van der Waals surface area contributed by atoms with E-state index in [-0.39, 0.29) is 0 Å². The van der Waals surface area contributed by atoms with Crippen molar-refractivity contribution in [2.45, 2.75) is 51.4 Å². The molecule has 0 amide bonds. The monoisotopic (exact) mass is 222 g/mol. The van der Waals surface area contributed by atoms with Gasteiger partial charge in [-0.1, -0.05) is 31.3 Å². The van der Waals surface area contributed by atoms with Crippen LogP contribution < -0.4 is 0 Å². The van der Waals surface area contributed by atoms with E-state index in [1.807, 2.05) is 0 Å². The Balaban J connectivity index is 2.01. The highest BCUT2D eigenvalue weighted by molar-refractivity contribution is 6.76. The van der Waals surface area contributed by atoms with Crippen LogP contribution in [0.1, 0.15) is 25.7 Å². The topological polar surface area (TPSA) is 17.1 Å². The van der Waals surface area contributed by atoms with Gasteiger partial charge in [0.2, 0.25) is 0 Å². The number of rotatable bonds is 2. The quantitative estimate of drug-likeness (QED) is 0.515. The highest BCUT2D eigenvalue weighted by atomic mass is 28.3. The third-order valence-electron chi connectivity index (χ3n) is 3.69. The summed E-state index contributed by atoms with van der Waals surface area (Å²) in [6, 6.07) is 1.34. The van der Waals surface area contributed by atoms with Gasteiger partial charge in [-0.05, 0) is 31.2 Å². The van der Waals surface area contributed by atoms with Gasteiger partial charge >= 0.3 is 0 Å². The molecule has 2 unspecified atom stereocenters. The van der Waals surface area contributed by atoms with Crippen molar-refractivity contribution in [2.24, 2.45) is 11.8 Å². The number of carbonyl (C=O) groups is 1. The zero-order chi connectivity index (χ0) is 11.1. The molecule has 2 atom stereocenters. The van der Waals surface area contributed by atoms with Crippen LogP contribution in [0.4, 0.5) is 0 Å². The predicted octanol–water partition coefficient (Wildman–Crippen LogP) is 3.64. The Morgan fingerprint density at radius 1 is 1.40 bits per heavy atom. The molecular weight excluding hydrogens is 200 g/mol. The predicted molar refractivity (Wildman–Crippen MR) is 66.7 cm³/mol. The summed E-state index contributed by atoms with van der Waals surface area (Å²) in [4.78, 5) is 11.6. The summed E-state index contributed by atoms with van der Waals surface area (Å²) in [5, 5.41) is 0. The van der Waals surface area contributed by atoms with Crippen LogP contribution in [-0.4, -0.2) is 13.9 Å². The van der Waals surface area contributed by atoms with Gasteiger partial charge in [0.05, 0.1) is 0 Å². The second kappa shape index (κ2) is 3.89. The maximum absolute atomic E-state index is 11.6. The summed E-state index contributed by atoms with van der Waals surface area (Å²) in [6.07, 6.45) is 6.66. The Hall–Kier alpha value is -0.373. The second-order valence-corrected chi connectivity index (χ2v) is 11.9. The minimum Gasteiger partial charge on any atom is -0.299 e. The summed E-state index contributed by atoms with van der Waals surface area (Å²) in [6.45, 7) is 7.29. The number of Topliss-reactive ketones (excluding diaryl/α,β-unsaturated/α-hetero) is 1. The maximum atomic E-state index is 11.6. The molecular formula is C13H22OSi. The van der Waals surface area contributed by atoms with Crippen molar-refractivity contribution in [1.82, 2.24) is 0 Å². The van der Waals surface area contributed by atoms with Crippen molar-refractivity contribution < 1.29 is 4.79 Å². The van der Waals surface area contributed by atoms with Crippen molar-refractivity contribution in [2.75, 3.05) is 0 Å². The maximum Gasteiger partial charge on any atom is 0.136 e. The van der Waals surface area contributed by atoms with Crippen LogP contribution in [0.15, 0.2) is 11.6 Å². The highest BCUT2D eigenvalue weighted by Crippen LogP contribution is 2.41. The van der Waals surface area contributed by atoms with Crippen molar-refractivity contribution in [3.63, 3.8) is 0 Å². The molecule has 0 bridgehead atoms. The standard InChI is InChI=1S/C13H22OSi/c1-15(2,3)9-10-4-6-12-11(8-10)5-7-13(12)14/h4,11-12H,5-9H2,1-3H3. The molecule has 2 heteroatoms. The first-order valence-corrected chi connectivity index (χ1v) is 9.87. The highest BCUT2D eigenvalue weighted by Gasteiger charge is 2.36. The Bertz CT molecular complexity index is 298. The van der Waals surface area contributed by atoms with E-state index in [1.54, 1.807) is 5.57 Å². The molecule has 2 rings (SSSR count). The number of carbonyl (C=O) groups excluding carboxylic acids is 1. The van der Waals surface area contributed by atoms with E-state index in [0.29, 0.717) is 17.6 Å². The Labute approximate surface area is 94.0 Å². The normalized spacial score (nSPS) is 31.4. The van der Waals surface area contributed by atoms with Gasteiger partial charge in [0.25, 0.3) is 0 Å². The molecule has 1 nitrogen and oxygen atoms in total. The summed E-state index contributed by atoms with van der Waals surface area (Å²) < 4.78 is 0. The third-order valence-corrected chi connectivity index (χ3v) is 5.20. The van der Waals surface area contributed by atoms with E-state index in [9.17, 15) is 4.79 Å². The summed E-state index contributed by atoms with van der Waals surface area (Å²) >= 11 is 0. The lowest BCUT2D eigenvalue weighted by Gasteiger charge is -2.27. The molecule has 0 heterocycles. The number of hydrogen-bond donors (Lipinski definition) is 0. The number of ketones is 1. The van der Waals surface area contributed by atoms with E-state index >= 15 is 0 Å². The van der Waals surface area contributed by atoms with Crippen LogP contribution in [0.3, 0.4) is 0 Å². The fourth-order valence-corrected chi connectivity index (χ4v) is 4.74. The Morgan fingerprint density at radius 3 is 2.80 bits per heavy atom. The zero-order valence-corrected chi connectivity index (χ0v) is 11.2. The number of hydrogen-bond acceptors (Lipinski definition) is 1.